The quantitative estimate of drug-likeness (QED) is 0.507. The van der Waals surface area contributed by atoms with Crippen molar-refractivity contribution in [3.8, 4) is 0 Å². The number of aliphatic carboxylic acids is 2. The number of nitrogens with two attached hydrogens (primary N) is 2. The van der Waals surface area contributed by atoms with Gasteiger partial charge in [0.05, 0.1) is 0 Å². The average molecular weight is 328 g/mol. The minimum atomic E-state index is -0.884. The normalized spacial score (nSPS) is 29.7. The van der Waals surface area contributed by atoms with Crippen molar-refractivity contribution in [1.29, 1.82) is 0 Å². The average Bonchev–Trinajstić information content (AvgIpc) is 3.08. The van der Waals surface area contributed by atoms with E-state index in [1.165, 1.54) is 25.7 Å². The van der Waals surface area contributed by atoms with Crippen LogP contribution in [0.25, 0.3) is 0 Å². The Balaban J connectivity index is 0.000000230. The molecule has 4 unspecified atom stereocenters. The molecule has 2 bridgehead atoms. The van der Waals surface area contributed by atoms with Gasteiger partial charge in [-0.2, -0.15) is 0 Å². The summed E-state index contributed by atoms with van der Waals surface area (Å²) in [6.07, 6.45) is 10.3. The fourth-order valence-corrected chi connectivity index (χ4v) is 3.73. The van der Waals surface area contributed by atoms with Crippen molar-refractivity contribution >= 4 is 11.9 Å². The summed E-state index contributed by atoms with van der Waals surface area (Å²) < 4.78 is 0. The molecule has 6 nitrogen and oxygen atoms in total. The fourth-order valence-electron chi connectivity index (χ4n) is 3.73. The highest BCUT2D eigenvalue weighted by Gasteiger charge is 2.53. The second kappa shape index (κ2) is 9.23. The summed E-state index contributed by atoms with van der Waals surface area (Å²) in [7, 11) is 0. The number of carbonyl (C=O) groups is 2. The predicted octanol–water partition coefficient (Wildman–Crippen LogP) is 2.35. The molecule has 2 fully saturated rings. The molecule has 2 aliphatic rings. The number of carboxylic acid groups (broad SMARTS) is 2. The van der Waals surface area contributed by atoms with Gasteiger partial charge in [0.15, 0.2) is 0 Å². The van der Waals surface area contributed by atoms with Crippen LogP contribution in [0.15, 0.2) is 0 Å². The first-order chi connectivity index (χ1) is 10.8. The lowest BCUT2D eigenvalue weighted by Gasteiger charge is -2.28. The highest BCUT2D eigenvalue weighted by atomic mass is 16.4. The summed E-state index contributed by atoms with van der Waals surface area (Å²) in [6, 6.07) is -0.661. The topological polar surface area (TPSA) is 127 Å². The van der Waals surface area contributed by atoms with Gasteiger partial charge in [0.2, 0.25) is 0 Å². The van der Waals surface area contributed by atoms with Crippen LogP contribution >= 0.6 is 0 Å². The highest BCUT2D eigenvalue weighted by Crippen LogP contribution is 2.49. The van der Waals surface area contributed by atoms with Crippen molar-refractivity contribution in [2.45, 2.75) is 82.7 Å². The Bertz CT molecular complexity index is 402. The molecule has 0 saturated heterocycles. The van der Waals surface area contributed by atoms with Gasteiger partial charge in [0, 0.05) is 0 Å². The molecule has 23 heavy (non-hydrogen) atoms. The van der Waals surface area contributed by atoms with Gasteiger partial charge in [-0.05, 0) is 37.5 Å². The van der Waals surface area contributed by atoms with Crippen LogP contribution in [0.2, 0.25) is 0 Å². The van der Waals surface area contributed by atoms with Crippen molar-refractivity contribution < 1.29 is 19.8 Å². The lowest BCUT2D eigenvalue weighted by molar-refractivity contribution is -0.145. The van der Waals surface area contributed by atoms with Crippen LogP contribution in [0.3, 0.4) is 0 Å². The third kappa shape index (κ3) is 5.77. The molecule has 0 radical (unpaired) electrons. The standard InChI is InChI=1S/C9H19NO2.C8H13NO2/c1-2-3-4-5-6-7-8(10)9(11)12;9-8(7(10)11)4-5-1-2-6(8)3-5/h8H,2-7,10H2,1H3,(H,11,12);5-6H,1-4,9H2,(H,10,11). The molecular formula is C17H32N2O4. The number of fused-ring (bicyclic) bond motifs is 2. The highest BCUT2D eigenvalue weighted by molar-refractivity contribution is 5.79. The van der Waals surface area contributed by atoms with E-state index in [2.05, 4.69) is 6.92 Å². The number of carboxylic acids is 2. The van der Waals surface area contributed by atoms with E-state index in [-0.39, 0.29) is 5.92 Å². The van der Waals surface area contributed by atoms with Crippen LogP contribution in [0.5, 0.6) is 0 Å². The van der Waals surface area contributed by atoms with E-state index in [0.717, 1.165) is 25.7 Å². The molecule has 6 N–H and O–H groups in total. The number of rotatable bonds is 8. The van der Waals surface area contributed by atoms with Gasteiger partial charge in [0.25, 0.3) is 0 Å². The van der Waals surface area contributed by atoms with Crippen molar-refractivity contribution in [1.82, 2.24) is 0 Å². The van der Waals surface area contributed by atoms with E-state index < -0.39 is 23.5 Å². The summed E-state index contributed by atoms with van der Waals surface area (Å²) in [5, 5.41) is 17.3. The minimum absolute atomic E-state index is 0.255. The van der Waals surface area contributed by atoms with Crippen molar-refractivity contribution in [3.63, 3.8) is 0 Å². The van der Waals surface area contributed by atoms with Crippen molar-refractivity contribution in [3.05, 3.63) is 0 Å². The molecule has 0 aromatic rings. The Morgan fingerprint density at radius 1 is 1.17 bits per heavy atom. The lowest BCUT2D eigenvalue weighted by Crippen LogP contribution is -2.52. The molecule has 0 spiro atoms. The fraction of sp³-hybridized carbons (Fsp3) is 0.882. The van der Waals surface area contributed by atoms with E-state index in [1.807, 2.05) is 0 Å². The van der Waals surface area contributed by atoms with Crippen LogP contribution in [0, 0.1) is 11.8 Å². The third-order valence-electron chi connectivity index (χ3n) is 5.23. The first-order valence-electron chi connectivity index (χ1n) is 8.81. The van der Waals surface area contributed by atoms with Gasteiger partial charge in [-0.3, -0.25) is 9.59 Å². The molecule has 134 valence electrons. The van der Waals surface area contributed by atoms with E-state index in [9.17, 15) is 9.59 Å². The molecule has 0 aliphatic heterocycles. The molecule has 0 aromatic carbocycles. The Labute approximate surface area is 138 Å². The molecule has 2 aliphatic carbocycles. The molecular weight excluding hydrogens is 296 g/mol. The summed E-state index contributed by atoms with van der Waals surface area (Å²) in [6.45, 7) is 2.16. The van der Waals surface area contributed by atoms with E-state index >= 15 is 0 Å². The summed E-state index contributed by atoms with van der Waals surface area (Å²) in [5.74, 6) is -0.832. The lowest BCUT2D eigenvalue weighted by atomic mass is 9.82. The predicted molar refractivity (Wildman–Crippen MR) is 89.0 cm³/mol. The van der Waals surface area contributed by atoms with Crippen LogP contribution in [0.4, 0.5) is 0 Å². The maximum Gasteiger partial charge on any atom is 0.323 e. The molecule has 0 heterocycles. The largest absolute Gasteiger partial charge is 0.480 e. The minimum Gasteiger partial charge on any atom is -0.480 e. The van der Waals surface area contributed by atoms with E-state index in [0.29, 0.717) is 18.8 Å². The molecule has 0 amide bonds. The molecule has 2 saturated carbocycles. The van der Waals surface area contributed by atoms with Crippen LogP contribution in [-0.4, -0.2) is 33.7 Å². The number of unbranched alkanes of at least 4 members (excludes halogenated alkanes) is 4. The van der Waals surface area contributed by atoms with Crippen LogP contribution < -0.4 is 11.5 Å². The first kappa shape index (κ1) is 19.9. The number of hydrogen-bond donors (Lipinski definition) is 4. The zero-order chi connectivity index (χ0) is 17.5. The Hall–Kier alpha value is -1.14. The van der Waals surface area contributed by atoms with Crippen LogP contribution in [0.1, 0.15) is 71.1 Å². The summed E-state index contributed by atoms with van der Waals surface area (Å²) in [5.41, 5.74) is 10.2. The SMILES string of the molecule is CCCCCCCC(N)C(=O)O.NC1(C(=O)O)CC2CCC1C2. The van der Waals surface area contributed by atoms with Gasteiger partial charge in [-0.15, -0.1) is 0 Å². The smallest absolute Gasteiger partial charge is 0.323 e. The summed E-state index contributed by atoms with van der Waals surface area (Å²) in [4.78, 5) is 21.1. The maximum absolute atomic E-state index is 10.8. The second-order valence-corrected chi connectivity index (χ2v) is 7.07. The zero-order valence-electron chi connectivity index (χ0n) is 14.2. The molecule has 6 heteroatoms. The first-order valence-corrected chi connectivity index (χ1v) is 8.81. The summed E-state index contributed by atoms with van der Waals surface area (Å²) >= 11 is 0. The molecule has 4 atom stereocenters. The number of hydrogen-bond acceptors (Lipinski definition) is 4. The molecule has 2 rings (SSSR count). The third-order valence-corrected chi connectivity index (χ3v) is 5.23. The maximum atomic E-state index is 10.8. The van der Waals surface area contributed by atoms with Gasteiger partial charge < -0.3 is 21.7 Å². The van der Waals surface area contributed by atoms with Crippen LogP contribution in [-0.2, 0) is 9.59 Å². The van der Waals surface area contributed by atoms with Gasteiger partial charge >= 0.3 is 11.9 Å². The Morgan fingerprint density at radius 2 is 1.83 bits per heavy atom. The second-order valence-electron chi connectivity index (χ2n) is 7.07. The van der Waals surface area contributed by atoms with Gasteiger partial charge in [-0.25, -0.2) is 0 Å². The zero-order valence-corrected chi connectivity index (χ0v) is 14.2. The Morgan fingerprint density at radius 3 is 2.22 bits per heavy atom. The Kier molecular flexibility index (Phi) is 7.99. The van der Waals surface area contributed by atoms with E-state index in [4.69, 9.17) is 21.7 Å². The van der Waals surface area contributed by atoms with Gasteiger partial charge in [-0.1, -0.05) is 45.4 Å². The molecule has 0 aromatic heterocycles. The van der Waals surface area contributed by atoms with Crippen molar-refractivity contribution in [2.24, 2.45) is 23.3 Å². The van der Waals surface area contributed by atoms with Crippen molar-refractivity contribution in [2.75, 3.05) is 0 Å². The monoisotopic (exact) mass is 328 g/mol. The van der Waals surface area contributed by atoms with Gasteiger partial charge in [0.1, 0.15) is 11.6 Å². The van der Waals surface area contributed by atoms with E-state index in [1.54, 1.807) is 0 Å².